The number of hydrogen-bond acceptors (Lipinski definition) is 3. The van der Waals surface area contributed by atoms with Crippen LogP contribution in [0.15, 0.2) is 41.3 Å². The standard InChI is InChI=1S/C14H16ClNS2/c1-10-4-2-3-5-13(10)17-9-11(16)8-12-6-7-14(15)18-12/h2-7,11H,8-9,16H2,1H3. The summed E-state index contributed by atoms with van der Waals surface area (Å²) in [6.45, 7) is 2.13. The van der Waals surface area contributed by atoms with Crippen molar-refractivity contribution >= 4 is 34.7 Å². The molecule has 1 heterocycles. The molecule has 1 atom stereocenters. The highest BCUT2D eigenvalue weighted by Crippen LogP contribution is 2.25. The molecular formula is C14H16ClNS2. The van der Waals surface area contributed by atoms with Crippen molar-refractivity contribution in [1.29, 1.82) is 0 Å². The van der Waals surface area contributed by atoms with E-state index in [2.05, 4.69) is 37.3 Å². The van der Waals surface area contributed by atoms with E-state index in [0.717, 1.165) is 16.5 Å². The van der Waals surface area contributed by atoms with E-state index < -0.39 is 0 Å². The molecule has 18 heavy (non-hydrogen) atoms. The normalized spacial score (nSPS) is 12.6. The van der Waals surface area contributed by atoms with Crippen molar-refractivity contribution in [2.75, 3.05) is 5.75 Å². The molecular weight excluding hydrogens is 282 g/mol. The minimum Gasteiger partial charge on any atom is -0.327 e. The zero-order valence-corrected chi connectivity index (χ0v) is 12.6. The third-order valence-corrected chi connectivity index (χ3v) is 5.26. The predicted molar refractivity (Wildman–Crippen MR) is 82.9 cm³/mol. The molecule has 0 amide bonds. The molecule has 1 aromatic carbocycles. The summed E-state index contributed by atoms with van der Waals surface area (Å²) in [6.07, 6.45) is 0.899. The monoisotopic (exact) mass is 297 g/mol. The van der Waals surface area contributed by atoms with E-state index >= 15 is 0 Å². The lowest BCUT2D eigenvalue weighted by atomic mass is 10.2. The number of nitrogens with two attached hydrogens (primary N) is 1. The van der Waals surface area contributed by atoms with Crippen molar-refractivity contribution in [1.82, 2.24) is 0 Å². The molecule has 0 bridgehead atoms. The van der Waals surface area contributed by atoms with Gasteiger partial charge in [-0.3, -0.25) is 0 Å². The van der Waals surface area contributed by atoms with Gasteiger partial charge in [0.15, 0.2) is 0 Å². The molecule has 1 aromatic heterocycles. The second-order valence-corrected chi connectivity index (χ2v) is 7.11. The van der Waals surface area contributed by atoms with Gasteiger partial charge in [0.05, 0.1) is 4.34 Å². The Hall–Kier alpha value is -0.480. The zero-order valence-electron chi connectivity index (χ0n) is 10.2. The topological polar surface area (TPSA) is 26.0 Å². The van der Waals surface area contributed by atoms with Gasteiger partial charge in [-0.05, 0) is 37.1 Å². The molecule has 0 aliphatic heterocycles. The quantitative estimate of drug-likeness (QED) is 0.829. The molecule has 0 aliphatic carbocycles. The first-order valence-electron chi connectivity index (χ1n) is 5.83. The summed E-state index contributed by atoms with van der Waals surface area (Å²) in [5.74, 6) is 0.931. The van der Waals surface area contributed by atoms with Gasteiger partial charge in [-0.2, -0.15) is 0 Å². The van der Waals surface area contributed by atoms with Crippen molar-refractivity contribution in [2.24, 2.45) is 5.73 Å². The van der Waals surface area contributed by atoms with Crippen LogP contribution in [-0.4, -0.2) is 11.8 Å². The van der Waals surface area contributed by atoms with Gasteiger partial charge in [0.25, 0.3) is 0 Å². The third kappa shape index (κ3) is 4.02. The predicted octanol–water partition coefficient (Wildman–Crippen LogP) is 4.37. The van der Waals surface area contributed by atoms with E-state index in [1.165, 1.54) is 15.3 Å². The van der Waals surface area contributed by atoms with Crippen molar-refractivity contribution in [3.8, 4) is 0 Å². The zero-order chi connectivity index (χ0) is 13.0. The van der Waals surface area contributed by atoms with Crippen LogP contribution in [0, 0.1) is 6.92 Å². The Morgan fingerprint density at radius 2 is 2.06 bits per heavy atom. The van der Waals surface area contributed by atoms with Crippen LogP contribution in [0.2, 0.25) is 4.34 Å². The molecule has 0 spiro atoms. The first kappa shape index (κ1) is 13.9. The van der Waals surface area contributed by atoms with Crippen LogP contribution in [-0.2, 0) is 6.42 Å². The van der Waals surface area contributed by atoms with Gasteiger partial charge in [0.1, 0.15) is 0 Å². The molecule has 2 rings (SSSR count). The smallest absolute Gasteiger partial charge is 0.0931 e. The Kier molecular flexibility index (Phi) is 5.13. The van der Waals surface area contributed by atoms with Crippen LogP contribution in [0.25, 0.3) is 0 Å². The molecule has 0 saturated carbocycles. The van der Waals surface area contributed by atoms with Gasteiger partial charge in [-0.25, -0.2) is 0 Å². The van der Waals surface area contributed by atoms with Crippen molar-refractivity contribution in [3.63, 3.8) is 0 Å². The fraction of sp³-hybridized carbons (Fsp3) is 0.286. The largest absolute Gasteiger partial charge is 0.327 e. The highest BCUT2D eigenvalue weighted by molar-refractivity contribution is 7.99. The number of hydrogen-bond donors (Lipinski definition) is 1. The van der Waals surface area contributed by atoms with Gasteiger partial charge >= 0.3 is 0 Å². The molecule has 0 saturated heterocycles. The number of benzene rings is 1. The SMILES string of the molecule is Cc1ccccc1SCC(N)Cc1ccc(Cl)s1. The van der Waals surface area contributed by atoms with Crippen LogP contribution in [0.4, 0.5) is 0 Å². The summed E-state index contributed by atoms with van der Waals surface area (Å²) in [7, 11) is 0. The van der Waals surface area contributed by atoms with Crippen LogP contribution in [0.5, 0.6) is 0 Å². The minimum absolute atomic E-state index is 0.171. The van der Waals surface area contributed by atoms with Crippen molar-refractivity contribution < 1.29 is 0 Å². The lowest BCUT2D eigenvalue weighted by Gasteiger charge is -2.11. The number of rotatable bonds is 5. The van der Waals surface area contributed by atoms with E-state index in [1.54, 1.807) is 11.3 Å². The maximum Gasteiger partial charge on any atom is 0.0931 e. The Bertz CT molecular complexity index is 510. The molecule has 0 aliphatic rings. The molecule has 0 radical (unpaired) electrons. The van der Waals surface area contributed by atoms with Gasteiger partial charge in [0.2, 0.25) is 0 Å². The summed E-state index contributed by atoms with van der Waals surface area (Å²) in [5, 5.41) is 0. The first-order valence-corrected chi connectivity index (χ1v) is 8.01. The lowest BCUT2D eigenvalue weighted by Crippen LogP contribution is -2.25. The second-order valence-electron chi connectivity index (χ2n) is 4.25. The third-order valence-electron chi connectivity index (χ3n) is 2.64. The van der Waals surface area contributed by atoms with Crippen molar-refractivity contribution in [3.05, 3.63) is 51.2 Å². The first-order chi connectivity index (χ1) is 8.65. The molecule has 2 N–H and O–H groups in total. The summed E-state index contributed by atoms with van der Waals surface area (Å²) < 4.78 is 0.837. The average molecular weight is 298 g/mol. The summed E-state index contributed by atoms with van der Waals surface area (Å²) in [6, 6.07) is 12.6. The second kappa shape index (κ2) is 6.62. The number of aryl methyl sites for hydroxylation is 1. The Morgan fingerprint density at radius 3 is 2.72 bits per heavy atom. The van der Waals surface area contributed by atoms with Gasteiger partial charge in [-0.15, -0.1) is 23.1 Å². The highest BCUT2D eigenvalue weighted by Gasteiger charge is 2.08. The fourth-order valence-corrected chi connectivity index (χ4v) is 3.86. The Balaban J connectivity index is 1.85. The van der Waals surface area contributed by atoms with Crippen molar-refractivity contribution in [2.45, 2.75) is 24.3 Å². The summed E-state index contributed by atoms with van der Waals surface area (Å²) in [4.78, 5) is 2.58. The lowest BCUT2D eigenvalue weighted by molar-refractivity contribution is 0.757. The summed E-state index contributed by atoms with van der Waals surface area (Å²) in [5.41, 5.74) is 7.47. The van der Waals surface area contributed by atoms with Gasteiger partial charge in [0, 0.05) is 21.6 Å². The minimum atomic E-state index is 0.171. The molecule has 96 valence electrons. The Labute approximate surface area is 121 Å². The van der Waals surface area contributed by atoms with E-state index in [9.17, 15) is 0 Å². The van der Waals surface area contributed by atoms with Gasteiger partial charge < -0.3 is 5.73 Å². The molecule has 2 aromatic rings. The van der Waals surface area contributed by atoms with Crippen LogP contribution in [0.1, 0.15) is 10.4 Å². The van der Waals surface area contributed by atoms with E-state index in [4.69, 9.17) is 17.3 Å². The molecule has 1 unspecified atom stereocenters. The summed E-state index contributed by atoms with van der Waals surface area (Å²) >= 11 is 9.35. The Morgan fingerprint density at radius 1 is 1.28 bits per heavy atom. The number of thioether (sulfide) groups is 1. The van der Waals surface area contributed by atoms with Crippen LogP contribution < -0.4 is 5.73 Å². The molecule has 4 heteroatoms. The molecule has 0 fully saturated rings. The van der Waals surface area contributed by atoms with Gasteiger partial charge in [-0.1, -0.05) is 29.8 Å². The number of thiophene rings is 1. The number of halogens is 1. The van der Waals surface area contributed by atoms with E-state index in [1.807, 2.05) is 17.8 Å². The van der Waals surface area contributed by atoms with E-state index in [0.29, 0.717) is 0 Å². The maximum atomic E-state index is 6.16. The van der Waals surface area contributed by atoms with Crippen LogP contribution in [0.3, 0.4) is 0 Å². The highest BCUT2D eigenvalue weighted by atomic mass is 35.5. The van der Waals surface area contributed by atoms with E-state index in [-0.39, 0.29) is 6.04 Å². The molecule has 1 nitrogen and oxygen atoms in total. The van der Waals surface area contributed by atoms with Crippen LogP contribution >= 0.6 is 34.7 Å². The maximum absolute atomic E-state index is 6.16. The fourth-order valence-electron chi connectivity index (χ4n) is 1.69. The average Bonchev–Trinajstić information content (AvgIpc) is 2.74.